The van der Waals surface area contributed by atoms with E-state index in [1.165, 1.54) is 5.56 Å². The van der Waals surface area contributed by atoms with Gasteiger partial charge in [0, 0.05) is 19.1 Å². The number of nitrogens with two attached hydrogens (primary N) is 1. The van der Waals surface area contributed by atoms with Crippen molar-refractivity contribution in [1.29, 1.82) is 0 Å². The van der Waals surface area contributed by atoms with Crippen LogP contribution >= 0.6 is 0 Å². The normalized spacial score (nSPS) is 12.8. The molecule has 1 aromatic rings. The third-order valence-electron chi connectivity index (χ3n) is 2.68. The smallest absolute Gasteiger partial charge is 0.118 e. The molecule has 0 spiro atoms. The number of ether oxygens (including phenoxy) is 1. The molecule has 0 saturated heterocycles. The molecule has 1 rings (SSSR count). The second-order valence-electron chi connectivity index (χ2n) is 4.21. The van der Waals surface area contributed by atoms with Crippen LogP contribution in [0, 0.1) is 0 Å². The zero-order valence-corrected chi connectivity index (χ0v) is 10.4. The van der Waals surface area contributed by atoms with Crippen LogP contribution in [0.25, 0.3) is 0 Å². The van der Waals surface area contributed by atoms with Gasteiger partial charge in [-0.1, -0.05) is 19.1 Å². The van der Waals surface area contributed by atoms with Crippen LogP contribution in [-0.4, -0.2) is 31.6 Å². The Bertz CT molecular complexity index is 297. The van der Waals surface area contributed by atoms with Crippen LogP contribution in [0.3, 0.4) is 0 Å². The van der Waals surface area contributed by atoms with E-state index in [2.05, 4.69) is 31.0 Å². The predicted molar refractivity (Wildman–Crippen MR) is 67.6 cm³/mol. The Morgan fingerprint density at radius 3 is 2.44 bits per heavy atom. The fraction of sp³-hybridized carbons (Fsp3) is 0.538. The van der Waals surface area contributed by atoms with E-state index in [1.807, 2.05) is 12.1 Å². The lowest BCUT2D eigenvalue weighted by Crippen LogP contribution is -2.34. The molecule has 1 aromatic carbocycles. The number of hydrogen-bond donors (Lipinski definition) is 1. The van der Waals surface area contributed by atoms with Crippen molar-refractivity contribution in [1.82, 2.24) is 4.90 Å². The van der Waals surface area contributed by atoms with Crippen molar-refractivity contribution in [2.45, 2.75) is 25.9 Å². The molecule has 3 heteroatoms. The van der Waals surface area contributed by atoms with E-state index in [0.29, 0.717) is 0 Å². The van der Waals surface area contributed by atoms with Crippen molar-refractivity contribution in [3.05, 3.63) is 29.8 Å². The zero-order chi connectivity index (χ0) is 12.0. The molecule has 0 saturated carbocycles. The van der Waals surface area contributed by atoms with Crippen LogP contribution < -0.4 is 10.5 Å². The van der Waals surface area contributed by atoms with E-state index in [-0.39, 0.29) is 6.04 Å². The molecular formula is C13H22N2O. The van der Waals surface area contributed by atoms with Crippen molar-refractivity contribution < 1.29 is 4.74 Å². The molecule has 1 unspecified atom stereocenters. The minimum atomic E-state index is 0.267. The van der Waals surface area contributed by atoms with Gasteiger partial charge in [0.15, 0.2) is 0 Å². The van der Waals surface area contributed by atoms with E-state index in [9.17, 15) is 0 Å². The highest BCUT2D eigenvalue weighted by atomic mass is 16.5. The summed E-state index contributed by atoms with van der Waals surface area (Å²) in [5, 5.41) is 0. The maximum absolute atomic E-state index is 5.91. The van der Waals surface area contributed by atoms with Crippen molar-refractivity contribution in [3.63, 3.8) is 0 Å². The molecule has 3 nitrogen and oxygen atoms in total. The van der Waals surface area contributed by atoms with E-state index in [0.717, 1.165) is 25.3 Å². The second-order valence-corrected chi connectivity index (χ2v) is 4.21. The summed E-state index contributed by atoms with van der Waals surface area (Å²) in [5.74, 6) is 0.900. The molecule has 0 aliphatic carbocycles. The molecule has 0 amide bonds. The number of benzene rings is 1. The summed E-state index contributed by atoms with van der Waals surface area (Å²) in [7, 11) is 3.78. The number of nitrogens with zero attached hydrogens (tertiary/aromatic N) is 1. The van der Waals surface area contributed by atoms with E-state index in [1.54, 1.807) is 7.11 Å². The largest absolute Gasteiger partial charge is 0.497 e. The first-order valence-electron chi connectivity index (χ1n) is 5.72. The molecular weight excluding hydrogens is 200 g/mol. The third-order valence-corrected chi connectivity index (χ3v) is 2.68. The van der Waals surface area contributed by atoms with Crippen molar-refractivity contribution in [2.24, 2.45) is 5.73 Å². The van der Waals surface area contributed by atoms with Gasteiger partial charge >= 0.3 is 0 Å². The lowest BCUT2D eigenvalue weighted by molar-refractivity contribution is 0.300. The number of rotatable bonds is 6. The van der Waals surface area contributed by atoms with Crippen LogP contribution in [0.15, 0.2) is 24.3 Å². The molecule has 0 radical (unpaired) electrons. The molecule has 2 N–H and O–H groups in total. The SMILES string of the molecule is CCC(N)CN(C)Cc1ccc(OC)cc1. The summed E-state index contributed by atoms with van der Waals surface area (Å²) in [5.41, 5.74) is 7.20. The second kappa shape index (κ2) is 6.51. The lowest BCUT2D eigenvalue weighted by atomic mass is 10.2. The average Bonchev–Trinajstić information content (AvgIpc) is 2.29. The van der Waals surface area contributed by atoms with Crippen LogP contribution in [0.4, 0.5) is 0 Å². The fourth-order valence-electron chi connectivity index (χ4n) is 1.64. The molecule has 0 aromatic heterocycles. The predicted octanol–water partition coefficient (Wildman–Crippen LogP) is 1.86. The molecule has 16 heavy (non-hydrogen) atoms. The summed E-state index contributed by atoms with van der Waals surface area (Å²) >= 11 is 0. The van der Waals surface area contributed by atoms with Crippen molar-refractivity contribution in [3.8, 4) is 5.75 Å². The maximum atomic E-state index is 5.91. The molecule has 1 atom stereocenters. The van der Waals surface area contributed by atoms with Gasteiger partial charge in [-0.2, -0.15) is 0 Å². The van der Waals surface area contributed by atoms with Gasteiger partial charge in [-0.3, -0.25) is 0 Å². The van der Waals surface area contributed by atoms with Gasteiger partial charge in [-0.25, -0.2) is 0 Å². The number of likely N-dealkylation sites (N-methyl/N-ethyl adjacent to an activating group) is 1. The summed E-state index contributed by atoms with van der Waals surface area (Å²) in [4.78, 5) is 2.25. The van der Waals surface area contributed by atoms with Crippen LogP contribution in [0.1, 0.15) is 18.9 Å². The molecule has 0 aliphatic heterocycles. The molecule has 0 bridgehead atoms. The van der Waals surface area contributed by atoms with Gasteiger partial charge in [0.1, 0.15) is 5.75 Å². The number of methoxy groups -OCH3 is 1. The molecule has 0 heterocycles. The monoisotopic (exact) mass is 222 g/mol. The Labute approximate surface area is 98.2 Å². The topological polar surface area (TPSA) is 38.5 Å². The third kappa shape index (κ3) is 4.21. The van der Waals surface area contributed by atoms with Gasteiger partial charge in [-0.15, -0.1) is 0 Å². The lowest BCUT2D eigenvalue weighted by Gasteiger charge is -2.20. The van der Waals surface area contributed by atoms with Crippen LogP contribution in [-0.2, 0) is 6.54 Å². The van der Waals surface area contributed by atoms with Gasteiger partial charge in [0.25, 0.3) is 0 Å². The van der Waals surface area contributed by atoms with Crippen LogP contribution in [0.5, 0.6) is 5.75 Å². The molecule has 0 aliphatic rings. The summed E-state index contributed by atoms with van der Waals surface area (Å²) in [6.45, 7) is 3.98. The Balaban J connectivity index is 2.46. The molecule has 90 valence electrons. The van der Waals surface area contributed by atoms with Gasteiger partial charge in [0.05, 0.1) is 7.11 Å². The van der Waals surface area contributed by atoms with Crippen molar-refractivity contribution in [2.75, 3.05) is 20.7 Å². The van der Waals surface area contributed by atoms with Gasteiger partial charge < -0.3 is 15.4 Å². The van der Waals surface area contributed by atoms with E-state index >= 15 is 0 Å². The number of hydrogen-bond acceptors (Lipinski definition) is 3. The zero-order valence-electron chi connectivity index (χ0n) is 10.4. The Hall–Kier alpha value is -1.06. The standard InChI is InChI=1S/C13H22N2O/c1-4-12(14)10-15(2)9-11-5-7-13(16-3)8-6-11/h5-8,12H,4,9-10,14H2,1-3H3. The van der Waals surface area contributed by atoms with E-state index < -0.39 is 0 Å². The quantitative estimate of drug-likeness (QED) is 0.798. The van der Waals surface area contributed by atoms with Gasteiger partial charge in [0.2, 0.25) is 0 Å². The summed E-state index contributed by atoms with van der Waals surface area (Å²) in [6.07, 6.45) is 1.02. The summed E-state index contributed by atoms with van der Waals surface area (Å²) in [6, 6.07) is 8.43. The average molecular weight is 222 g/mol. The highest BCUT2D eigenvalue weighted by Gasteiger charge is 2.05. The minimum absolute atomic E-state index is 0.267. The summed E-state index contributed by atoms with van der Waals surface area (Å²) < 4.78 is 5.12. The first-order valence-corrected chi connectivity index (χ1v) is 5.72. The fourth-order valence-corrected chi connectivity index (χ4v) is 1.64. The maximum Gasteiger partial charge on any atom is 0.118 e. The Morgan fingerprint density at radius 2 is 1.94 bits per heavy atom. The van der Waals surface area contributed by atoms with Crippen molar-refractivity contribution >= 4 is 0 Å². The first kappa shape index (κ1) is 13.0. The minimum Gasteiger partial charge on any atom is -0.497 e. The Kier molecular flexibility index (Phi) is 5.29. The Morgan fingerprint density at radius 1 is 1.31 bits per heavy atom. The van der Waals surface area contributed by atoms with Gasteiger partial charge in [-0.05, 0) is 31.2 Å². The molecule has 0 fully saturated rings. The first-order chi connectivity index (χ1) is 7.65. The van der Waals surface area contributed by atoms with E-state index in [4.69, 9.17) is 10.5 Å². The highest BCUT2D eigenvalue weighted by Crippen LogP contribution is 2.12. The van der Waals surface area contributed by atoms with Crippen LogP contribution in [0.2, 0.25) is 0 Å². The highest BCUT2D eigenvalue weighted by molar-refractivity contribution is 5.27.